The maximum absolute atomic E-state index is 11.4. The Bertz CT molecular complexity index is 687. The molecule has 1 saturated heterocycles. The molecule has 1 N–H and O–H groups in total. The molecule has 1 aromatic heterocycles. The second-order valence-electron chi connectivity index (χ2n) is 6.01. The third kappa shape index (κ3) is 3.68. The van der Waals surface area contributed by atoms with Gasteiger partial charge in [-0.05, 0) is 25.0 Å². The summed E-state index contributed by atoms with van der Waals surface area (Å²) in [6.07, 6.45) is 4.57. The Morgan fingerprint density at radius 1 is 1.35 bits per heavy atom. The van der Waals surface area contributed by atoms with Crippen LogP contribution in [0.25, 0.3) is 11.0 Å². The lowest BCUT2D eigenvalue weighted by Crippen LogP contribution is -2.48. The molecule has 0 spiro atoms. The Kier molecular flexibility index (Phi) is 4.61. The summed E-state index contributed by atoms with van der Waals surface area (Å²) in [5, 5.41) is 10.5. The Morgan fingerprint density at radius 3 is 2.74 bits per heavy atom. The van der Waals surface area contributed by atoms with Crippen LogP contribution in [0, 0.1) is 0 Å². The summed E-state index contributed by atoms with van der Waals surface area (Å²) in [5.41, 5.74) is 0.787. The largest absolute Gasteiger partial charge is 0.616 e. The topological polar surface area (TPSA) is 81.5 Å². The normalized spacial score (nSPS) is 18.9. The second kappa shape index (κ2) is 6.51. The number of benzene rings is 1. The molecule has 1 aliphatic rings. The van der Waals surface area contributed by atoms with Crippen LogP contribution in [-0.4, -0.2) is 57.4 Å². The van der Waals surface area contributed by atoms with Gasteiger partial charge in [0.25, 0.3) is 0 Å². The van der Waals surface area contributed by atoms with Crippen LogP contribution in [0.1, 0.15) is 12.8 Å². The van der Waals surface area contributed by atoms with Crippen LogP contribution in [-0.2, 0) is 11.2 Å². The van der Waals surface area contributed by atoms with Gasteiger partial charge in [0.2, 0.25) is 0 Å². The molecule has 1 fully saturated rings. The van der Waals surface area contributed by atoms with Gasteiger partial charge in [-0.25, -0.2) is 4.98 Å². The third-order valence-corrected chi connectivity index (χ3v) is 5.17. The monoisotopic (exact) mass is 335 g/mol. The molecule has 0 aliphatic carbocycles. The number of aromatic nitrogens is 2. The number of hydrogen-bond donors (Lipinski definition) is 1. The van der Waals surface area contributed by atoms with Gasteiger partial charge >= 0.3 is 0 Å². The van der Waals surface area contributed by atoms with Crippen molar-refractivity contribution in [3.63, 3.8) is 0 Å². The van der Waals surface area contributed by atoms with Gasteiger partial charge in [0.1, 0.15) is 22.9 Å². The summed E-state index contributed by atoms with van der Waals surface area (Å²) in [4.78, 5) is 11.2. The smallest absolute Gasteiger partial charge is 0.147 e. The third-order valence-electron chi connectivity index (χ3n) is 4.23. The van der Waals surface area contributed by atoms with Gasteiger partial charge in [0, 0.05) is 19.2 Å². The van der Waals surface area contributed by atoms with Crippen LogP contribution < -0.4 is 9.64 Å². The average Bonchev–Trinajstić information content (AvgIpc) is 2.53. The van der Waals surface area contributed by atoms with E-state index in [9.17, 15) is 9.66 Å². The minimum absolute atomic E-state index is 0.337. The van der Waals surface area contributed by atoms with E-state index in [1.165, 1.54) is 0 Å². The van der Waals surface area contributed by atoms with Gasteiger partial charge in [-0.15, -0.1) is 0 Å². The highest BCUT2D eigenvalue weighted by Gasteiger charge is 2.36. The Labute approximate surface area is 138 Å². The lowest BCUT2D eigenvalue weighted by molar-refractivity contribution is 0.0383. The van der Waals surface area contributed by atoms with Crippen LogP contribution in [0.5, 0.6) is 5.75 Å². The van der Waals surface area contributed by atoms with Gasteiger partial charge in [-0.1, -0.05) is 11.2 Å². The predicted octanol–water partition coefficient (Wildman–Crippen LogP) is 1.35. The maximum Gasteiger partial charge on any atom is 0.147 e. The summed E-state index contributed by atoms with van der Waals surface area (Å²) in [7, 11) is 1.63. The van der Waals surface area contributed by atoms with Gasteiger partial charge in [-0.3, -0.25) is 4.98 Å². The fourth-order valence-electron chi connectivity index (χ4n) is 2.93. The second-order valence-corrected chi connectivity index (χ2v) is 7.45. The van der Waals surface area contributed by atoms with Crippen molar-refractivity contribution in [3.05, 3.63) is 24.4 Å². The number of nitrogens with zero attached hydrogens (tertiary/aromatic N) is 3. The molecule has 23 heavy (non-hydrogen) atoms. The van der Waals surface area contributed by atoms with E-state index >= 15 is 0 Å². The molecule has 0 bridgehead atoms. The fourth-order valence-corrected chi connectivity index (χ4v) is 3.98. The highest BCUT2D eigenvalue weighted by atomic mass is 32.2. The van der Waals surface area contributed by atoms with E-state index in [4.69, 9.17) is 4.74 Å². The molecule has 1 unspecified atom stereocenters. The van der Waals surface area contributed by atoms with Crippen molar-refractivity contribution in [2.24, 2.45) is 0 Å². The van der Waals surface area contributed by atoms with E-state index in [-0.39, 0.29) is 0 Å². The molecular weight excluding hydrogens is 314 g/mol. The number of piperidine rings is 1. The number of ether oxygens (including phenoxy) is 1. The molecular formula is C16H21N3O3S. The van der Waals surface area contributed by atoms with Crippen LogP contribution in [0.15, 0.2) is 24.4 Å². The van der Waals surface area contributed by atoms with Crippen LogP contribution in [0.4, 0.5) is 5.82 Å². The Balaban J connectivity index is 1.74. The molecule has 2 aromatic rings. The summed E-state index contributed by atoms with van der Waals surface area (Å²) < 4.78 is 16.6. The van der Waals surface area contributed by atoms with Crippen LogP contribution in [0.3, 0.4) is 0 Å². The summed E-state index contributed by atoms with van der Waals surface area (Å²) in [5.74, 6) is 1.90. The number of fused-ring (bicyclic) bond motifs is 1. The molecule has 6 nitrogen and oxygen atoms in total. The minimum Gasteiger partial charge on any atom is -0.616 e. The van der Waals surface area contributed by atoms with Crippen LogP contribution in [0.2, 0.25) is 0 Å². The quantitative estimate of drug-likeness (QED) is 0.850. The minimum atomic E-state index is -0.988. The van der Waals surface area contributed by atoms with Crippen molar-refractivity contribution in [2.75, 3.05) is 37.1 Å². The molecule has 3 rings (SSSR count). The van der Waals surface area contributed by atoms with Crippen molar-refractivity contribution < 1.29 is 14.4 Å². The van der Waals surface area contributed by atoms with Crippen molar-refractivity contribution in [1.82, 2.24) is 9.97 Å². The van der Waals surface area contributed by atoms with Crippen LogP contribution >= 0.6 is 0 Å². The zero-order valence-electron chi connectivity index (χ0n) is 13.4. The Hall–Kier alpha value is -1.57. The fraction of sp³-hybridized carbons (Fsp3) is 0.500. The number of hydrogen-bond acceptors (Lipinski definition) is 6. The first-order valence-corrected chi connectivity index (χ1v) is 9.30. The van der Waals surface area contributed by atoms with Crippen molar-refractivity contribution in [2.45, 2.75) is 18.4 Å². The molecule has 2 heterocycles. The number of rotatable bonds is 4. The molecule has 0 radical (unpaired) electrons. The first-order valence-electron chi connectivity index (χ1n) is 7.57. The first kappa shape index (κ1) is 16.3. The van der Waals surface area contributed by atoms with Gasteiger partial charge in [0.15, 0.2) is 0 Å². The van der Waals surface area contributed by atoms with Crippen molar-refractivity contribution in [1.29, 1.82) is 0 Å². The van der Waals surface area contributed by atoms with E-state index in [2.05, 4.69) is 14.9 Å². The highest BCUT2D eigenvalue weighted by Crippen LogP contribution is 2.27. The Morgan fingerprint density at radius 2 is 2.09 bits per heavy atom. The molecule has 1 aromatic carbocycles. The predicted molar refractivity (Wildman–Crippen MR) is 91.4 cm³/mol. The van der Waals surface area contributed by atoms with Gasteiger partial charge in [-0.2, -0.15) is 0 Å². The standard InChI is InChI=1S/C16H21N3O3S/c1-22-12-3-4-13-14(9-12)17-10-15(18-13)19-7-5-16(20,6-8-19)11-23(2)21/h3-4,9-10,20H,5-8,11H2,1-2H3. The van der Waals surface area contributed by atoms with E-state index < -0.39 is 16.8 Å². The number of aliphatic hydroxyl groups is 1. The van der Waals surface area contributed by atoms with Gasteiger partial charge < -0.3 is 19.3 Å². The van der Waals surface area contributed by atoms with E-state index in [1.807, 2.05) is 18.2 Å². The lowest BCUT2D eigenvalue weighted by Gasteiger charge is -2.37. The summed E-state index contributed by atoms with van der Waals surface area (Å²) in [6.45, 7) is 1.37. The maximum atomic E-state index is 11.4. The first-order chi connectivity index (χ1) is 11.0. The molecule has 1 aliphatic heterocycles. The molecule has 0 saturated carbocycles. The summed E-state index contributed by atoms with van der Waals surface area (Å²) in [6, 6.07) is 5.62. The molecule has 124 valence electrons. The molecule has 7 heteroatoms. The van der Waals surface area contributed by atoms with E-state index in [0.717, 1.165) is 22.6 Å². The zero-order chi connectivity index (χ0) is 16.4. The highest BCUT2D eigenvalue weighted by molar-refractivity contribution is 7.90. The van der Waals surface area contributed by atoms with E-state index in [1.54, 1.807) is 19.6 Å². The van der Waals surface area contributed by atoms with Crippen molar-refractivity contribution in [3.8, 4) is 5.75 Å². The molecule has 0 amide bonds. The van der Waals surface area contributed by atoms with Gasteiger partial charge in [0.05, 0.1) is 30.6 Å². The molecule has 1 atom stereocenters. The van der Waals surface area contributed by atoms with Crippen molar-refractivity contribution >= 4 is 28.0 Å². The zero-order valence-corrected chi connectivity index (χ0v) is 14.2. The number of methoxy groups -OCH3 is 1. The summed E-state index contributed by atoms with van der Waals surface area (Å²) >= 11 is -0.988. The lowest BCUT2D eigenvalue weighted by atomic mass is 9.93. The van der Waals surface area contributed by atoms with E-state index in [0.29, 0.717) is 31.7 Å². The SMILES string of the molecule is COc1ccc2nc(N3CCC(O)(C[S+](C)[O-])CC3)cnc2c1. The average molecular weight is 335 g/mol. The number of anilines is 1.